The van der Waals surface area contributed by atoms with Gasteiger partial charge in [-0.3, -0.25) is 4.79 Å². The summed E-state index contributed by atoms with van der Waals surface area (Å²) in [5.41, 5.74) is 0.645. The van der Waals surface area contributed by atoms with E-state index in [1.165, 1.54) is 0 Å². The van der Waals surface area contributed by atoms with Crippen LogP contribution in [0.4, 0.5) is 0 Å². The third-order valence-electron chi connectivity index (χ3n) is 4.18. The summed E-state index contributed by atoms with van der Waals surface area (Å²) in [6.45, 7) is 7.12. The fourth-order valence-corrected chi connectivity index (χ4v) is 2.81. The van der Waals surface area contributed by atoms with Gasteiger partial charge in [0.2, 0.25) is 0 Å². The van der Waals surface area contributed by atoms with E-state index in [9.17, 15) is 4.79 Å². The number of rotatable bonds is 6. The van der Waals surface area contributed by atoms with E-state index in [1.807, 2.05) is 51.1 Å². The van der Waals surface area contributed by atoms with Gasteiger partial charge in [-0.05, 0) is 37.7 Å². The molecule has 2 atom stereocenters. The van der Waals surface area contributed by atoms with Crippen molar-refractivity contribution in [1.29, 1.82) is 0 Å². The minimum atomic E-state index is -0.496. The van der Waals surface area contributed by atoms with Crippen molar-refractivity contribution in [3.05, 3.63) is 35.9 Å². The van der Waals surface area contributed by atoms with Gasteiger partial charge in [0.05, 0.1) is 24.7 Å². The molecule has 1 aliphatic carbocycles. The zero-order valence-electron chi connectivity index (χ0n) is 13.3. The van der Waals surface area contributed by atoms with Crippen molar-refractivity contribution in [2.75, 3.05) is 6.61 Å². The molecule has 0 spiro atoms. The van der Waals surface area contributed by atoms with Crippen molar-refractivity contribution >= 4 is 5.97 Å². The molecule has 0 amide bonds. The molecule has 21 heavy (non-hydrogen) atoms. The van der Waals surface area contributed by atoms with Gasteiger partial charge < -0.3 is 9.47 Å². The summed E-state index contributed by atoms with van der Waals surface area (Å²) in [6.07, 6.45) is 2.76. The minimum Gasteiger partial charge on any atom is -0.465 e. The van der Waals surface area contributed by atoms with Crippen molar-refractivity contribution in [3.8, 4) is 0 Å². The molecule has 1 saturated carbocycles. The van der Waals surface area contributed by atoms with Crippen LogP contribution in [0.25, 0.3) is 0 Å². The lowest BCUT2D eigenvalue weighted by atomic mass is 9.86. The molecule has 0 N–H and O–H groups in total. The molecule has 0 aromatic heterocycles. The van der Waals surface area contributed by atoms with Gasteiger partial charge in [0.1, 0.15) is 0 Å². The molecule has 116 valence electrons. The molecule has 0 aliphatic heterocycles. The predicted octanol–water partition coefficient (Wildman–Crippen LogP) is 3.96. The first kappa shape index (κ1) is 16.0. The maximum atomic E-state index is 12.4. The summed E-state index contributed by atoms with van der Waals surface area (Å²) in [7, 11) is 0. The molecule has 1 fully saturated rings. The van der Waals surface area contributed by atoms with Crippen LogP contribution >= 0.6 is 0 Å². The normalized spacial score (nSPS) is 25.2. The highest BCUT2D eigenvalue weighted by molar-refractivity contribution is 5.77. The third-order valence-corrected chi connectivity index (χ3v) is 4.18. The van der Waals surface area contributed by atoms with Crippen LogP contribution in [-0.2, 0) is 20.9 Å². The highest BCUT2D eigenvalue weighted by Gasteiger charge is 2.47. The van der Waals surface area contributed by atoms with Gasteiger partial charge in [-0.2, -0.15) is 0 Å². The first-order valence-corrected chi connectivity index (χ1v) is 7.85. The largest absolute Gasteiger partial charge is 0.465 e. The highest BCUT2D eigenvalue weighted by atomic mass is 16.5. The Morgan fingerprint density at radius 3 is 2.71 bits per heavy atom. The number of esters is 1. The lowest BCUT2D eigenvalue weighted by Crippen LogP contribution is -2.39. The molecule has 0 radical (unpaired) electrons. The minimum absolute atomic E-state index is 0.0441. The molecule has 2 rings (SSSR count). The van der Waals surface area contributed by atoms with Gasteiger partial charge in [-0.1, -0.05) is 44.2 Å². The molecule has 1 aliphatic rings. The molecule has 3 nitrogen and oxygen atoms in total. The fraction of sp³-hybridized carbons (Fsp3) is 0.611. The van der Waals surface area contributed by atoms with Crippen molar-refractivity contribution in [2.24, 2.45) is 11.3 Å². The van der Waals surface area contributed by atoms with E-state index < -0.39 is 5.41 Å². The van der Waals surface area contributed by atoms with Crippen molar-refractivity contribution in [1.82, 2.24) is 0 Å². The summed E-state index contributed by atoms with van der Waals surface area (Å²) in [4.78, 5) is 12.4. The van der Waals surface area contributed by atoms with E-state index >= 15 is 0 Å². The summed E-state index contributed by atoms with van der Waals surface area (Å²) >= 11 is 0. The van der Waals surface area contributed by atoms with Gasteiger partial charge in [0.15, 0.2) is 0 Å². The van der Waals surface area contributed by atoms with E-state index in [1.54, 1.807) is 0 Å². The van der Waals surface area contributed by atoms with E-state index in [0.29, 0.717) is 19.1 Å². The standard InChI is InChI=1S/C18H26O3/c1-14(2)12-21-17(19)18(3)11-7-10-16(18)20-13-15-8-5-4-6-9-15/h4-6,8-9,14,16H,7,10-13H2,1-3H3. The fourth-order valence-electron chi connectivity index (χ4n) is 2.81. The maximum absolute atomic E-state index is 12.4. The predicted molar refractivity (Wildman–Crippen MR) is 82.8 cm³/mol. The van der Waals surface area contributed by atoms with Gasteiger partial charge >= 0.3 is 5.97 Å². The van der Waals surface area contributed by atoms with Crippen LogP contribution in [-0.4, -0.2) is 18.7 Å². The Labute approximate surface area is 127 Å². The molecule has 2 unspecified atom stereocenters. The summed E-state index contributed by atoms with van der Waals surface area (Å²) < 4.78 is 11.5. The van der Waals surface area contributed by atoms with Gasteiger partial charge in [-0.25, -0.2) is 0 Å². The highest BCUT2D eigenvalue weighted by Crippen LogP contribution is 2.41. The first-order chi connectivity index (χ1) is 10.0. The number of ether oxygens (including phenoxy) is 2. The molecule has 0 heterocycles. The van der Waals surface area contributed by atoms with E-state index in [4.69, 9.17) is 9.47 Å². The van der Waals surface area contributed by atoms with Crippen LogP contribution in [0.15, 0.2) is 30.3 Å². The Bertz CT molecular complexity index is 455. The quantitative estimate of drug-likeness (QED) is 0.744. The zero-order valence-corrected chi connectivity index (χ0v) is 13.3. The lowest BCUT2D eigenvalue weighted by Gasteiger charge is -2.29. The number of hydrogen-bond acceptors (Lipinski definition) is 3. The Morgan fingerprint density at radius 2 is 2.05 bits per heavy atom. The average molecular weight is 290 g/mol. The SMILES string of the molecule is CC(C)COC(=O)C1(C)CCCC1OCc1ccccc1. The van der Waals surface area contributed by atoms with E-state index in [-0.39, 0.29) is 12.1 Å². The van der Waals surface area contributed by atoms with Crippen LogP contribution in [0.5, 0.6) is 0 Å². The van der Waals surface area contributed by atoms with Gasteiger partial charge in [0.25, 0.3) is 0 Å². The molecule has 0 saturated heterocycles. The third kappa shape index (κ3) is 4.07. The molecule has 0 bridgehead atoms. The maximum Gasteiger partial charge on any atom is 0.314 e. The second kappa shape index (κ2) is 7.08. The molecule has 1 aromatic carbocycles. The molecule has 1 aromatic rings. The van der Waals surface area contributed by atoms with Crippen molar-refractivity contribution in [3.63, 3.8) is 0 Å². The molecule has 3 heteroatoms. The Kier molecular flexibility index (Phi) is 5.40. The van der Waals surface area contributed by atoms with Crippen LogP contribution in [0.2, 0.25) is 0 Å². The number of hydrogen-bond donors (Lipinski definition) is 0. The lowest BCUT2D eigenvalue weighted by molar-refractivity contribution is -0.164. The van der Waals surface area contributed by atoms with E-state index in [2.05, 4.69) is 0 Å². The Balaban J connectivity index is 1.93. The summed E-state index contributed by atoms with van der Waals surface area (Å²) in [5, 5.41) is 0. The summed E-state index contributed by atoms with van der Waals surface area (Å²) in [5.74, 6) is 0.259. The topological polar surface area (TPSA) is 35.5 Å². The second-order valence-corrected chi connectivity index (χ2v) is 6.59. The van der Waals surface area contributed by atoms with Crippen LogP contribution in [0, 0.1) is 11.3 Å². The van der Waals surface area contributed by atoms with E-state index in [0.717, 1.165) is 24.8 Å². The van der Waals surface area contributed by atoms with Crippen LogP contribution in [0.1, 0.15) is 45.6 Å². The Hall–Kier alpha value is -1.35. The first-order valence-electron chi connectivity index (χ1n) is 7.85. The number of benzene rings is 1. The average Bonchev–Trinajstić information content (AvgIpc) is 2.86. The Morgan fingerprint density at radius 1 is 1.33 bits per heavy atom. The van der Waals surface area contributed by atoms with Crippen molar-refractivity contribution < 1.29 is 14.3 Å². The molecular formula is C18H26O3. The molecular weight excluding hydrogens is 264 g/mol. The van der Waals surface area contributed by atoms with Crippen LogP contribution < -0.4 is 0 Å². The monoisotopic (exact) mass is 290 g/mol. The second-order valence-electron chi connectivity index (χ2n) is 6.59. The van der Waals surface area contributed by atoms with Crippen LogP contribution in [0.3, 0.4) is 0 Å². The van der Waals surface area contributed by atoms with Gasteiger partial charge in [0, 0.05) is 0 Å². The smallest absolute Gasteiger partial charge is 0.314 e. The summed E-state index contributed by atoms with van der Waals surface area (Å²) in [6, 6.07) is 10.1. The number of carbonyl (C=O) groups is 1. The zero-order chi connectivity index (χ0) is 15.3. The number of carbonyl (C=O) groups excluding carboxylic acids is 1. The van der Waals surface area contributed by atoms with Gasteiger partial charge in [-0.15, -0.1) is 0 Å². The van der Waals surface area contributed by atoms with Crippen molar-refractivity contribution in [2.45, 2.75) is 52.7 Å².